The molecular formula is C18H16FN3O3. The van der Waals surface area contributed by atoms with Gasteiger partial charge < -0.3 is 10.1 Å². The quantitative estimate of drug-likeness (QED) is 0.699. The van der Waals surface area contributed by atoms with Crippen molar-refractivity contribution >= 4 is 22.8 Å². The number of amides is 1. The number of fused-ring (bicyclic) bond motifs is 1. The lowest BCUT2D eigenvalue weighted by atomic mass is 10.2. The van der Waals surface area contributed by atoms with E-state index in [0.717, 1.165) is 10.9 Å². The molecule has 0 aliphatic heterocycles. The Morgan fingerprint density at radius 2 is 2.00 bits per heavy atom. The predicted molar refractivity (Wildman–Crippen MR) is 89.2 cm³/mol. The lowest BCUT2D eigenvalue weighted by Crippen LogP contribution is -2.35. The smallest absolute Gasteiger partial charge is 0.338 e. The van der Waals surface area contributed by atoms with Crippen molar-refractivity contribution in [2.75, 3.05) is 0 Å². The summed E-state index contributed by atoms with van der Waals surface area (Å²) in [7, 11) is 0. The highest BCUT2D eigenvalue weighted by atomic mass is 19.1. The van der Waals surface area contributed by atoms with Crippen LogP contribution in [0.25, 0.3) is 10.9 Å². The zero-order valence-electron chi connectivity index (χ0n) is 13.5. The van der Waals surface area contributed by atoms with Crippen LogP contribution in [0.2, 0.25) is 0 Å². The fourth-order valence-electron chi connectivity index (χ4n) is 2.28. The highest BCUT2D eigenvalue weighted by molar-refractivity contribution is 5.95. The lowest BCUT2D eigenvalue weighted by molar-refractivity contribution is -0.129. The minimum Gasteiger partial charge on any atom is -0.449 e. The maximum Gasteiger partial charge on any atom is 0.338 e. The molecule has 0 bridgehead atoms. The normalized spacial score (nSPS) is 11.9. The Balaban J connectivity index is 1.56. The van der Waals surface area contributed by atoms with Crippen molar-refractivity contribution in [2.24, 2.45) is 0 Å². The molecule has 2 N–H and O–H groups in total. The van der Waals surface area contributed by atoms with Gasteiger partial charge in [0.15, 0.2) is 6.10 Å². The first-order valence-corrected chi connectivity index (χ1v) is 7.69. The third-order valence-corrected chi connectivity index (χ3v) is 3.71. The van der Waals surface area contributed by atoms with Gasteiger partial charge in [0.1, 0.15) is 5.82 Å². The molecule has 1 amide bonds. The van der Waals surface area contributed by atoms with Gasteiger partial charge in [0.05, 0.1) is 17.3 Å². The third-order valence-electron chi connectivity index (χ3n) is 3.71. The van der Waals surface area contributed by atoms with Gasteiger partial charge in [-0.3, -0.25) is 9.89 Å². The molecule has 0 saturated heterocycles. The molecule has 0 aliphatic carbocycles. The van der Waals surface area contributed by atoms with Gasteiger partial charge in [0, 0.05) is 11.9 Å². The second-order valence-corrected chi connectivity index (χ2v) is 5.56. The summed E-state index contributed by atoms with van der Waals surface area (Å²) in [5.41, 5.74) is 1.79. The molecule has 1 atom stereocenters. The number of ether oxygens (including phenoxy) is 1. The number of hydrogen-bond acceptors (Lipinski definition) is 4. The zero-order chi connectivity index (χ0) is 17.8. The minimum atomic E-state index is -0.953. The van der Waals surface area contributed by atoms with Gasteiger partial charge in [-0.1, -0.05) is 18.2 Å². The number of nitrogens with one attached hydrogen (secondary N) is 2. The van der Waals surface area contributed by atoms with Crippen LogP contribution >= 0.6 is 0 Å². The monoisotopic (exact) mass is 341 g/mol. The maximum absolute atomic E-state index is 12.8. The van der Waals surface area contributed by atoms with Gasteiger partial charge in [-0.2, -0.15) is 5.10 Å². The number of aromatic amines is 1. The summed E-state index contributed by atoms with van der Waals surface area (Å²) in [6, 6.07) is 10.8. The first kappa shape index (κ1) is 16.6. The molecule has 0 spiro atoms. The molecule has 1 aromatic heterocycles. The van der Waals surface area contributed by atoms with Crippen molar-refractivity contribution < 1.29 is 18.7 Å². The molecule has 7 heteroatoms. The molecule has 0 unspecified atom stereocenters. The van der Waals surface area contributed by atoms with Crippen molar-refractivity contribution in [3.8, 4) is 0 Å². The summed E-state index contributed by atoms with van der Waals surface area (Å²) < 4.78 is 18.0. The molecule has 25 heavy (non-hydrogen) atoms. The summed E-state index contributed by atoms with van der Waals surface area (Å²) in [6.45, 7) is 1.72. The number of benzene rings is 2. The molecule has 1 heterocycles. The Hall–Kier alpha value is -3.22. The summed E-state index contributed by atoms with van der Waals surface area (Å²) in [5, 5.41) is 10.2. The van der Waals surface area contributed by atoms with Gasteiger partial charge in [-0.15, -0.1) is 0 Å². The van der Waals surface area contributed by atoms with Crippen LogP contribution in [0.15, 0.2) is 48.7 Å². The van der Waals surface area contributed by atoms with Crippen LogP contribution in [0.4, 0.5) is 4.39 Å². The maximum atomic E-state index is 12.8. The van der Waals surface area contributed by atoms with Crippen LogP contribution < -0.4 is 5.32 Å². The Bertz CT molecular complexity index is 905. The fourth-order valence-corrected chi connectivity index (χ4v) is 2.28. The van der Waals surface area contributed by atoms with Crippen molar-refractivity contribution in [3.05, 3.63) is 65.6 Å². The Morgan fingerprint density at radius 1 is 1.24 bits per heavy atom. The van der Waals surface area contributed by atoms with E-state index in [9.17, 15) is 14.0 Å². The average Bonchev–Trinajstić information content (AvgIpc) is 3.08. The van der Waals surface area contributed by atoms with Gasteiger partial charge in [0.2, 0.25) is 0 Å². The van der Waals surface area contributed by atoms with Gasteiger partial charge in [-0.25, -0.2) is 9.18 Å². The number of H-pyrrole nitrogens is 1. The van der Waals surface area contributed by atoms with Crippen molar-refractivity contribution in [1.29, 1.82) is 0 Å². The molecular weight excluding hydrogens is 325 g/mol. The van der Waals surface area contributed by atoms with E-state index in [1.807, 2.05) is 0 Å². The number of carbonyl (C=O) groups is 2. The predicted octanol–water partition coefficient (Wildman–Crippen LogP) is 2.56. The van der Waals surface area contributed by atoms with Crippen molar-refractivity contribution in [3.63, 3.8) is 0 Å². The summed E-state index contributed by atoms with van der Waals surface area (Å²) >= 11 is 0. The first-order valence-electron chi connectivity index (χ1n) is 7.69. The molecule has 3 rings (SSSR count). The highest BCUT2D eigenvalue weighted by Gasteiger charge is 2.19. The number of aromatic nitrogens is 2. The SMILES string of the molecule is C[C@@H](OC(=O)c1ccc2cn[nH]c2c1)C(=O)NCc1ccc(F)cc1. The highest BCUT2D eigenvalue weighted by Crippen LogP contribution is 2.14. The average molecular weight is 341 g/mol. The number of esters is 1. The van der Waals surface area contributed by atoms with E-state index in [1.54, 1.807) is 36.5 Å². The van der Waals surface area contributed by atoms with E-state index >= 15 is 0 Å². The largest absolute Gasteiger partial charge is 0.449 e. The molecule has 6 nitrogen and oxygen atoms in total. The lowest BCUT2D eigenvalue weighted by Gasteiger charge is -2.13. The van der Waals surface area contributed by atoms with Crippen molar-refractivity contribution in [2.45, 2.75) is 19.6 Å². The topological polar surface area (TPSA) is 84.1 Å². The second kappa shape index (κ2) is 7.12. The van der Waals surface area contributed by atoms with E-state index in [0.29, 0.717) is 11.1 Å². The summed E-state index contributed by atoms with van der Waals surface area (Å²) in [5.74, 6) is -1.37. The standard InChI is InChI=1S/C18H16FN3O3/c1-11(17(23)20-9-12-2-6-15(19)7-3-12)25-18(24)13-4-5-14-10-21-22-16(14)8-13/h2-8,10-11H,9H2,1H3,(H,20,23)(H,21,22)/t11-/m1/s1. The van der Waals surface area contributed by atoms with E-state index in [2.05, 4.69) is 15.5 Å². The number of halogens is 1. The molecule has 3 aromatic rings. The molecule has 128 valence electrons. The van der Waals surface area contributed by atoms with Crippen LogP contribution in [0.3, 0.4) is 0 Å². The first-order chi connectivity index (χ1) is 12.0. The van der Waals surface area contributed by atoms with Crippen LogP contribution in [0.5, 0.6) is 0 Å². The molecule has 0 saturated carbocycles. The number of rotatable bonds is 5. The van der Waals surface area contributed by atoms with E-state index in [4.69, 9.17) is 4.74 Å². The number of nitrogens with zero attached hydrogens (tertiary/aromatic N) is 1. The van der Waals surface area contributed by atoms with Gasteiger partial charge in [-0.05, 0) is 36.8 Å². The summed E-state index contributed by atoms with van der Waals surface area (Å²) in [4.78, 5) is 24.2. The molecule has 0 fully saturated rings. The van der Waals surface area contributed by atoms with Gasteiger partial charge in [0.25, 0.3) is 5.91 Å². The second-order valence-electron chi connectivity index (χ2n) is 5.56. The Labute approximate surface area is 143 Å². The minimum absolute atomic E-state index is 0.223. The van der Waals surface area contributed by atoms with E-state index in [-0.39, 0.29) is 12.4 Å². The summed E-state index contributed by atoms with van der Waals surface area (Å²) in [6.07, 6.45) is 0.695. The van der Waals surface area contributed by atoms with E-state index < -0.39 is 18.0 Å². The van der Waals surface area contributed by atoms with Crippen LogP contribution in [-0.2, 0) is 16.1 Å². The van der Waals surface area contributed by atoms with Crippen LogP contribution in [-0.4, -0.2) is 28.2 Å². The Kier molecular flexibility index (Phi) is 4.74. The number of hydrogen-bond donors (Lipinski definition) is 2. The zero-order valence-corrected chi connectivity index (χ0v) is 13.5. The van der Waals surface area contributed by atoms with Gasteiger partial charge >= 0.3 is 5.97 Å². The third kappa shape index (κ3) is 4.00. The van der Waals surface area contributed by atoms with Crippen LogP contribution in [0.1, 0.15) is 22.8 Å². The molecule has 0 aliphatic rings. The van der Waals surface area contributed by atoms with E-state index in [1.165, 1.54) is 19.1 Å². The molecule has 0 radical (unpaired) electrons. The van der Waals surface area contributed by atoms with Crippen LogP contribution in [0, 0.1) is 5.82 Å². The van der Waals surface area contributed by atoms with Crippen molar-refractivity contribution in [1.82, 2.24) is 15.5 Å². The number of carbonyl (C=O) groups excluding carboxylic acids is 2. The Morgan fingerprint density at radius 3 is 2.76 bits per heavy atom. The molecule has 2 aromatic carbocycles. The fraction of sp³-hybridized carbons (Fsp3) is 0.167.